The standard InChI is InChI=1S/C23H17F4N3O2S/c1-28-33(31,32)21-5-3-2-4-17(21)15-7-10-19-20(12-15)30-22(29-19)11-8-14-6-9-16(24)13-18(14)23(25,26)27/h2-13,28H,1H3,(H,29,30)/b11-8+. The zero-order chi connectivity index (χ0) is 23.8. The summed E-state index contributed by atoms with van der Waals surface area (Å²) in [5.41, 5.74) is 0.920. The van der Waals surface area contributed by atoms with Crippen LogP contribution in [0.3, 0.4) is 0 Å². The third-order valence-electron chi connectivity index (χ3n) is 5.00. The molecule has 0 radical (unpaired) electrons. The minimum atomic E-state index is -4.70. The Labute approximate surface area is 186 Å². The fraction of sp³-hybridized carbons (Fsp3) is 0.0870. The predicted octanol–water partition coefficient (Wildman–Crippen LogP) is 5.47. The van der Waals surface area contributed by atoms with Gasteiger partial charge in [0.25, 0.3) is 0 Å². The first-order valence-corrected chi connectivity index (χ1v) is 11.1. The second-order valence-electron chi connectivity index (χ2n) is 7.12. The fourth-order valence-electron chi connectivity index (χ4n) is 3.41. The number of alkyl halides is 3. The summed E-state index contributed by atoms with van der Waals surface area (Å²) in [4.78, 5) is 7.47. The van der Waals surface area contributed by atoms with Crippen LogP contribution in [0.25, 0.3) is 34.3 Å². The first-order valence-electron chi connectivity index (χ1n) is 9.66. The zero-order valence-electron chi connectivity index (χ0n) is 17.1. The van der Waals surface area contributed by atoms with Gasteiger partial charge < -0.3 is 4.98 Å². The van der Waals surface area contributed by atoms with Crippen LogP contribution in [0.5, 0.6) is 0 Å². The van der Waals surface area contributed by atoms with E-state index in [1.165, 1.54) is 25.3 Å². The average molecular weight is 475 g/mol. The highest BCUT2D eigenvalue weighted by molar-refractivity contribution is 7.89. The molecule has 3 aromatic carbocycles. The number of halogens is 4. The highest BCUT2D eigenvalue weighted by Gasteiger charge is 2.33. The van der Waals surface area contributed by atoms with Crippen LogP contribution in [-0.2, 0) is 16.2 Å². The summed E-state index contributed by atoms with van der Waals surface area (Å²) >= 11 is 0. The van der Waals surface area contributed by atoms with E-state index in [-0.39, 0.29) is 16.3 Å². The number of benzene rings is 3. The van der Waals surface area contributed by atoms with E-state index in [9.17, 15) is 26.0 Å². The van der Waals surface area contributed by atoms with E-state index in [1.54, 1.807) is 36.4 Å². The van der Waals surface area contributed by atoms with Gasteiger partial charge in [0.2, 0.25) is 10.0 Å². The molecule has 0 bridgehead atoms. The lowest BCUT2D eigenvalue weighted by molar-refractivity contribution is -0.137. The minimum Gasteiger partial charge on any atom is -0.338 e. The Bertz CT molecular complexity index is 1470. The van der Waals surface area contributed by atoms with Crippen molar-refractivity contribution in [2.75, 3.05) is 7.05 Å². The van der Waals surface area contributed by atoms with E-state index in [2.05, 4.69) is 14.7 Å². The number of aromatic nitrogens is 2. The maximum atomic E-state index is 13.3. The number of H-pyrrole nitrogens is 1. The van der Waals surface area contributed by atoms with Crippen molar-refractivity contribution >= 4 is 33.2 Å². The SMILES string of the molecule is CNS(=O)(=O)c1ccccc1-c1ccc2[nH]c(/C=C/c3ccc(F)cc3C(F)(F)F)nc2c1. The van der Waals surface area contributed by atoms with Gasteiger partial charge in [0, 0.05) is 5.56 Å². The van der Waals surface area contributed by atoms with Crippen LogP contribution < -0.4 is 4.72 Å². The highest BCUT2D eigenvalue weighted by atomic mass is 32.2. The maximum absolute atomic E-state index is 13.3. The smallest absolute Gasteiger partial charge is 0.338 e. The molecule has 2 N–H and O–H groups in total. The molecule has 4 rings (SSSR count). The average Bonchev–Trinajstić information content (AvgIpc) is 3.19. The summed E-state index contributed by atoms with van der Waals surface area (Å²) < 4.78 is 79.9. The van der Waals surface area contributed by atoms with Gasteiger partial charge in [-0.25, -0.2) is 22.5 Å². The van der Waals surface area contributed by atoms with Crippen molar-refractivity contribution in [3.8, 4) is 11.1 Å². The summed E-state index contributed by atoms with van der Waals surface area (Å²) in [6.45, 7) is 0. The number of nitrogens with zero attached hydrogens (tertiary/aromatic N) is 1. The Hall–Kier alpha value is -3.50. The molecule has 10 heteroatoms. The maximum Gasteiger partial charge on any atom is 0.417 e. The number of sulfonamides is 1. The van der Waals surface area contributed by atoms with Crippen LogP contribution in [0.4, 0.5) is 17.6 Å². The van der Waals surface area contributed by atoms with Gasteiger partial charge in [0.1, 0.15) is 11.6 Å². The van der Waals surface area contributed by atoms with Gasteiger partial charge in [-0.15, -0.1) is 0 Å². The molecule has 5 nitrogen and oxygen atoms in total. The Balaban J connectivity index is 1.72. The second-order valence-corrected chi connectivity index (χ2v) is 8.98. The molecule has 0 saturated carbocycles. The van der Waals surface area contributed by atoms with Crippen molar-refractivity contribution in [3.05, 3.63) is 83.4 Å². The van der Waals surface area contributed by atoms with Gasteiger partial charge >= 0.3 is 6.18 Å². The topological polar surface area (TPSA) is 74.8 Å². The molecule has 33 heavy (non-hydrogen) atoms. The molecule has 0 saturated heterocycles. The van der Waals surface area contributed by atoms with Gasteiger partial charge in [-0.3, -0.25) is 0 Å². The Morgan fingerprint density at radius 3 is 2.48 bits per heavy atom. The molecule has 0 spiro atoms. The molecule has 0 aliphatic heterocycles. The molecule has 0 unspecified atom stereocenters. The summed E-state index contributed by atoms with van der Waals surface area (Å²) in [6, 6.07) is 14.1. The number of rotatable bonds is 5. The van der Waals surface area contributed by atoms with Crippen LogP contribution in [0.1, 0.15) is 17.0 Å². The highest BCUT2D eigenvalue weighted by Crippen LogP contribution is 2.33. The van der Waals surface area contributed by atoms with Crippen molar-refractivity contribution in [2.24, 2.45) is 0 Å². The van der Waals surface area contributed by atoms with Gasteiger partial charge in [-0.05, 0) is 54.6 Å². The van der Waals surface area contributed by atoms with E-state index in [0.29, 0.717) is 28.2 Å². The van der Waals surface area contributed by atoms with Crippen molar-refractivity contribution in [2.45, 2.75) is 11.1 Å². The molecule has 170 valence electrons. The normalized spacial score (nSPS) is 12.6. The lowest BCUT2D eigenvalue weighted by Crippen LogP contribution is -2.19. The fourth-order valence-corrected chi connectivity index (χ4v) is 4.36. The molecule has 0 amide bonds. The van der Waals surface area contributed by atoms with Crippen molar-refractivity contribution in [1.82, 2.24) is 14.7 Å². The number of imidazole rings is 1. The zero-order valence-corrected chi connectivity index (χ0v) is 17.9. The summed E-state index contributed by atoms with van der Waals surface area (Å²) in [7, 11) is -2.37. The summed E-state index contributed by atoms with van der Waals surface area (Å²) in [6.07, 6.45) is -2.14. The molecule has 0 aliphatic carbocycles. The predicted molar refractivity (Wildman–Crippen MR) is 118 cm³/mol. The first-order chi connectivity index (χ1) is 15.6. The largest absolute Gasteiger partial charge is 0.417 e. The van der Waals surface area contributed by atoms with Gasteiger partial charge in [0.05, 0.1) is 21.5 Å². The van der Waals surface area contributed by atoms with Crippen molar-refractivity contribution < 1.29 is 26.0 Å². The molecule has 0 fully saturated rings. The number of fused-ring (bicyclic) bond motifs is 1. The number of nitrogens with one attached hydrogen (secondary N) is 2. The molecule has 0 aliphatic rings. The van der Waals surface area contributed by atoms with Crippen LogP contribution in [-0.4, -0.2) is 25.4 Å². The molecule has 1 aromatic heterocycles. The second kappa shape index (κ2) is 8.45. The molecule has 1 heterocycles. The van der Waals surface area contributed by atoms with E-state index in [0.717, 1.165) is 12.1 Å². The Kier molecular flexibility index (Phi) is 5.81. The lowest BCUT2D eigenvalue weighted by atomic mass is 10.1. The van der Waals surface area contributed by atoms with Crippen molar-refractivity contribution in [1.29, 1.82) is 0 Å². The van der Waals surface area contributed by atoms with Gasteiger partial charge in [0.15, 0.2) is 0 Å². The summed E-state index contributed by atoms with van der Waals surface area (Å²) in [5, 5.41) is 0. The monoisotopic (exact) mass is 475 g/mol. The Morgan fingerprint density at radius 2 is 1.76 bits per heavy atom. The van der Waals surface area contributed by atoms with Crippen LogP contribution in [0, 0.1) is 5.82 Å². The van der Waals surface area contributed by atoms with E-state index in [1.807, 2.05) is 0 Å². The molecular weight excluding hydrogens is 458 g/mol. The van der Waals surface area contributed by atoms with Gasteiger partial charge in [-0.2, -0.15) is 13.2 Å². The van der Waals surface area contributed by atoms with Crippen LogP contribution in [0.2, 0.25) is 0 Å². The van der Waals surface area contributed by atoms with Gasteiger partial charge in [-0.1, -0.05) is 36.4 Å². The minimum absolute atomic E-state index is 0.110. The number of hydrogen-bond donors (Lipinski definition) is 2. The Morgan fingerprint density at radius 1 is 1.00 bits per heavy atom. The van der Waals surface area contributed by atoms with Crippen LogP contribution in [0.15, 0.2) is 65.6 Å². The summed E-state index contributed by atoms with van der Waals surface area (Å²) in [5.74, 6) is -0.688. The lowest BCUT2D eigenvalue weighted by Gasteiger charge is -2.10. The van der Waals surface area contributed by atoms with E-state index >= 15 is 0 Å². The third kappa shape index (κ3) is 4.67. The quantitative estimate of drug-likeness (QED) is 0.376. The number of aromatic amines is 1. The first kappa shape index (κ1) is 22.7. The van der Waals surface area contributed by atoms with Crippen LogP contribution >= 0.6 is 0 Å². The molecule has 4 aromatic rings. The van der Waals surface area contributed by atoms with E-state index < -0.39 is 27.6 Å². The molecule has 0 atom stereocenters. The number of hydrogen-bond acceptors (Lipinski definition) is 3. The van der Waals surface area contributed by atoms with E-state index in [4.69, 9.17) is 0 Å². The van der Waals surface area contributed by atoms with Crippen molar-refractivity contribution in [3.63, 3.8) is 0 Å². The molecular formula is C23H17F4N3O2S. The third-order valence-corrected chi connectivity index (χ3v) is 6.47.